The number of carbonyl (C=O) groups is 1. The molecule has 0 fully saturated rings. The van der Waals surface area contributed by atoms with Crippen LogP contribution in [0, 0.1) is 0 Å². The van der Waals surface area contributed by atoms with Crippen LogP contribution in [0.1, 0.15) is 34.6 Å². The number of para-hydroxylation sites is 1. The van der Waals surface area contributed by atoms with E-state index in [9.17, 15) is 14.7 Å². The van der Waals surface area contributed by atoms with Gasteiger partial charge in [-0.25, -0.2) is 0 Å². The van der Waals surface area contributed by atoms with Crippen molar-refractivity contribution >= 4 is 16.9 Å². The number of carbonyl (C=O) groups excluding carboxylic acids is 1. The highest BCUT2D eigenvalue weighted by molar-refractivity contribution is 5.98. The van der Waals surface area contributed by atoms with Crippen molar-refractivity contribution in [2.75, 3.05) is 6.61 Å². The Labute approximate surface area is 142 Å². The van der Waals surface area contributed by atoms with Crippen LogP contribution in [0.25, 0.3) is 11.0 Å². The molecule has 3 aromatic rings. The van der Waals surface area contributed by atoms with Gasteiger partial charge in [-0.15, -0.1) is 0 Å². The molecule has 1 aliphatic rings. The van der Waals surface area contributed by atoms with Gasteiger partial charge >= 0.3 is 0 Å². The van der Waals surface area contributed by atoms with Gasteiger partial charge in [-0.05, 0) is 36.8 Å². The third-order valence-corrected chi connectivity index (χ3v) is 4.22. The zero-order valence-corrected chi connectivity index (χ0v) is 13.4. The number of rotatable bonds is 3. The lowest BCUT2D eigenvalue weighted by Gasteiger charge is -2.14. The zero-order valence-electron chi connectivity index (χ0n) is 13.4. The van der Waals surface area contributed by atoms with Gasteiger partial charge in [0.2, 0.25) is 5.76 Å². The Bertz CT molecular complexity index is 1050. The number of aromatic hydroxyl groups is 1. The van der Waals surface area contributed by atoms with Gasteiger partial charge in [0.25, 0.3) is 5.91 Å². The Hall–Kier alpha value is -3.28. The van der Waals surface area contributed by atoms with Crippen LogP contribution in [0.4, 0.5) is 0 Å². The standard InChI is InChI=1S/C19H15NO5/c1-2-24-14-9-10(7-8-12(14)21)16-15-17(22)11-5-3-4-6-13(11)25-18(15)19(23)20-16/h3-9,16,21H,2H2,1H3,(H,20,23). The van der Waals surface area contributed by atoms with E-state index < -0.39 is 11.9 Å². The second kappa shape index (κ2) is 5.66. The van der Waals surface area contributed by atoms with Crippen LogP contribution in [0.2, 0.25) is 0 Å². The van der Waals surface area contributed by atoms with E-state index in [0.29, 0.717) is 28.9 Å². The molecular formula is C19H15NO5. The Balaban J connectivity index is 1.91. The number of fused-ring (bicyclic) bond motifs is 2. The van der Waals surface area contributed by atoms with Gasteiger partial charge in [-0.2, -0.15) is 0 Å². The molecule has 1 atom stereocenters. The van der Waals surface area contributed by atoms with Gasteiger partial charge < -0.3 is 19.6 Å². The third-order valence-electron chi connectivity index (χ3n) is 4.22. The maximum Gasteiger partial charge on any atom is 0.288 e. The van der Waals surface area contributed by atoms with E-state index in [0.717, 1.165) is 0 Å². The van der Waals surface area contributed by atoms with E-state index in [1.807, 2.05) is 0 Å². The quantitative estimate of drug-likeness (QED) is 0.767. The molecule has 0 aliphatic carbocycles. The largest absolute Gasteiger partial charge is 0.504 e. The lowest BCUT2D eigenvalue weighted by Crippen LogP contribution is -2.22. The van der Waals surface area contributed by atoms with Crippen LogP contribution in [-0.2, 0) is 0 Å². The van der Waals surface area contributed by atoms with Gasteiger partial charge in [0.05, 0.1) is 23.6 Å². The first-order valence-electron chi connectivity index (χ1n) is 7.92. The molecule has 25 heavy (non-hydrogen) atoms. The van der Waals surface area contributed by atoms with Crippen molar-refractivity contribution in [3.63, 3.8) is 0 Å². The normalized spacial score (nSPS) is 15.9. The molecule has 4 rings (SSSR count). The molecule has 0 saturated carbocycles. The molecule has 0 saturated heterocycles. The molecule has 1 unspecified atom stereocenters. The summed E-state index contributed by atoms with van der Waals surface area (Å²) in [4.78, 5) is 25.2. The van der Waals surface area contributed by atoms with Crippen molar-refractivity contribution in [3.05, 3.63) is 69.6 Å². The van der Waals surface area contributed by atoms with Crippen LogP contribution in [0.3, 0.4) is 0 Å². The van der Waals surface area contributed by atoms with Gasteiger partial charge in [-0.3, -0.25) is 9.59 Å². The summed E-state index contributed by atoms with van der Waals surface area (Å²) in [6.45, 7) is 2.19. The van der Waals surface area contributed by atoms with E-state index in [4.69, 9.17) is 9.15 Å². The van der Waals surface area contributed by atoms with E-state index in [1.54, 1.807) is 43.3 Å². The summed E-state index contributed by atoms with van der Waals surface area (Å²) in [7, 11) is 0. The van der Waals surface area contributed by atoms with Gasteiger partial charge in [0.15, 0.2) is 16.9 Å². The highest BCUT2D eigenvalue weighted by Crippen LogP contribution is 2.35. The number of ether oxygens (including phenoxy) is 1. The molecule has 6 nitrogen and oxygen atoms in total. The molecule has 6 heteroatoms. The van der Waals surface area contributed by atoms with Crippen LogP contribution < -0.4 is 15.5 Å². The number of benzene rings is 2. The monoisotopic (exact) mass is 337 g/mol. The number of nitrogens with one attached hydrogen (secondary N) is 1. The predicted octanol–water partition coefficient (Wildman–Crippen LogP) is 2.73. The minimum Gasteiger partial charge on any atom is -0.504 e. The fourth-order valence-electron chi connectivity index (χ4n) is 3.09. The molecule has 0 spiro atoms. The smallest absolute Gasteiger partial charge is 0.288 e. The average molecular weight is 337 g/mol. The summed E-state index contributed by atoms with van der Waals surface area (Å²) in [5, 5.41) is 13.1. The average Bonchev–Trinajstić information content (AvgIpc) is 2.94. The van der Waals surface area contributed by atoms with Crippen molar-refractivity contribution in [2.45, 2.75) is 13.0 Å². The Morgan fingerprint density at radius 1 is 1.20 bits per heavy atom. The highest BCUT2D eigenvalue weighted by atomic mass is 16.5. The maximum atomic E-state index is 12.9. The molecule has 1 amide bonds. The topological polar surface area (TPSA) is 88.8 Å². The molecule has 0 radical (unpaired) electrons. The SMILES string of the molecule is CCOc1cc(C2NC(=O)c3oc4ccccc4c(=O)c32)ccc1O. The molecule has 1 aliphatic heterocycles. The van der Waals surface area contributed by atoms with Crippen molar-refractivity contribution in [1.29, 1.82) is 0 Å². The third kappa shape index (κ3) is 2.34. The van der Waals surface area contributed by atoms with Crippen molar-refractivity contribution in [3.8, 4) is 11.5 Å². The van der Waals surface area contributed by atoms with Crippen molar-refractivity contribution in [1.82, 2.24) is 5.32 Å². The van der Waals surface area contributed by atoms with Gasteiger partial charge in [0, 0.05) is 0 Å². The minimum absolute atomic E-state index is 0.000642. The number of hydrogen-bond donors (Lipinski definition) is 2. The summed E-state index contributed by atoms with van der Waals surface area (Å²) in [6, 6.07) is 10.9. The Morgan fingerprint density at radius 2 is 2.00 bits per heavy atom. The fourth-order valence-corrected chi connectivity index (χ4v) is 3.09. The molecule has 2 heterocycles. The molecule has 1 aromatic heterocycles. The zero-order chi connectivity index (χ0) is 17.6. The Morgan fingerprint density at radius 3 is 2.80 bits per heavy atom. The first-order valence-corrected chi connectivity index (χ1v) is 7.92. The minimum atomic E-state index is -0.650. The summed E-state index contributed by atoms with van der Waals surface area (Å²) < 4.78 is 11.0. The lowest BCUT2D eigenvalue weighted by atomic mass is 9.99. The van der Waals surface area contributed by atoms with Crippen LogP contribution in [-0.4, -0.2) is 17.6 Å². The second-order valence-electron chi connectivity index (χ2n) is 5.74. The number of phenols is 1. The number of phenolic OH excluding ortho intramolecular Hbond substituents is 1. The molecule has 2 N–H and O–H groups in total. The van der Waals surface area contributed by atoms with Crippen LogP contribution in [0.15, 0.2) is 51.7 Å². The lowest BCUT2D eigenvalue weighted by molar-refractivity contribution is 0.0938. The first kappa shape index (κ1) is 15.3. The van der Waals surface area contributed by atoms with Gasteiger partial charge in [0.1, 0.15) is 5.58 Å². The van der Waals surface area contributed by atoms with E-state index in [1.165, 1.54) is 6.07 Å². The van der Waals surface area contributed by atoms with E-state index in [2.05, 4.69) is 5.32 Å². The summed E-state index contributed by atoms with van der Waals surface area (Å²) in [5.41, 5.74) is 1.04. The highest BCUT2D eigenvalue weighted by Gasteiger charge is 2.36. The summed E-state index contributed by atoms with van der Waals surface area (Å²) in [6.07, 6.45) is 0. The molecular weight excluding hydrogens is 322 g/mol. The predicted molar refractivity (Wildman–Crippen MR) is 91.1 cm³/mol. The van der Waals surface area contributed by atoms with Gasteiger partial charge in [-0.1, -0.05) is 18.2 Å². The summed E-state index contributed by atoms with van der Waals surface area (Å²) in [5.74, 6) is -0.109. The van der Waals surface area contributed by atoms with Crippen LogP contribution >= 0.6 is 0 Å². The second-order valence-corrected chi connectivity index (χ2v) is 5.74. The number of hydrogen-bond acceptors (Lipinski definition) is 5. The van der Waals surface area contributed by atoms with Crippen molar-refractivity contribution < 1.29 is 19.1 Å². The Kier molecular flexibility index (Phi) is 3.46. The number of amides is 1. The van der Waals surface area contributed by atoms with Crippen LogP contribution in [0.5, 0.6) is 11.5 Å². The first-order chi connectivity index (χ1) is 12.1. The van der Waals surface area contributed by atoms with E-state index >= 15 is 0 Å². The maximum absolute atomic E-state index is 12.9. The fraction of sp³-hybridized carbons (Fsp3) is 0.158. The molecule has 126 valence electrons. The van der Waals surface area contributed by atoms with Crippen molar-refractivity contribution in [2.24, 2.45) is 0 Å². The molecule has 0 bridgehead atoms. The summed E-state index contributed by atoms with van der Waals surface area (Å²) >= 11 is 0. The molecule has 2 aromatic carbocycles. The van der Waals surface area contributed by atoms with E-state index in [-0.39, 0.29) is 22.5 Å².